The van der Waals surface area contributed by atoms with Crippen LogP contribution in [0.4, 0.5) is 0 Å². The third kappa shape index (κ3) is 5.05. The zero-order valence-electron chi connectivity index (χ0n) is 20.6. The van der Waals surface area contributed by atoms with Gasteiger partial charge < -0.3 is 24.2 Å². The van der Waals surface area contributed by atoms with Crippen molar-refractivity contribution in [2.45, 2.75) is 52.2 Å². The summed E-state index contributed by atoms with van der Waals surface area (Å²) in [5.74, 6) is -0.606. The number of carbonyl (C=O) groups is 2. The number of nitrogens with zero attached hydrogens (tertiary/aromatic N) is 1. The molecule has 186 valence electrons. The molecule has 4 rings (SSSR count). The molecule has 2 atom stereocenters. The zero-order chi connectivity index (χ0) is 24.9. The lowest BCUT2D eigenvalue weighted by atomic mass is 9.94. The van der Waals surface area contributed by atoms with Gasteiger partial charge in [-0.05, 0) is 56.4 Å². The monoisotopic (exact) mass is 479 g/mol. The number of hydrogen-bond acceptors (Lipinski definition) is 6. The van der Waals surface area contributed by atoms with Crippen molar-refractivity contribution in [3.63, 3.8) is 0 Å². The van der Waals surface area contributed by atoms with Gasteiger partial charge in [0.15, 0.2) is 0 Å². The van der Waals surface area contributed by atoms with E-state index in [1.54, 1.807) is 23.1 Å². The summed E-state index contributed by atoms with van der Waals surface area (Å²) in [6.07, 6.45) is 2.50. The molecule has 7 heteroatoms. The normalized spacial score (nSPS) is 21.5. The number of ether oxygens (including phenoxy) is 3. The molecule has 35 heavy (non-hydrogen) atoms. The van der Waals surface area contributed by atoms with E-state index in [2.05, 4.69) is 6.92 Å². The molecule has 7 nitrogen and oxygen atoms in total. The lowest BCUT2D eigenvalue weighted by Gasteiger charge is -2.27. The highest BCUT2D eigenvalue weighted by Gasteiger charge is 2.47. The number of aliphatic hydroxyl groups is 1. The van der Waals surface area contributed by atoms with Crippen LogP contribution in [0.5, 0.6) is 11.5 Å². The fourth-order valence-corrected chi connectivity index (χ4v) is 4.73. The maximum atomic E-state index is 13.3. The van der Waals surface area contributed by atoms with Crippen LogP contribution >= 0.6 is 0 Å². The lowest BCUT2D eigenvalue weighted by molar-refractivity contribution is -0.140. The van der Waals surface area contributed by atoms with Crippen LogP contribution in [0, 0.1) is 0 Å². The zero-order valence-corrected chi connectivity index (χ0v) is 20.6. The minimum Gasteiger partial charge on any atom is -0.507 e. The number of hydrogen-bond donors (Lipinski definition) is 1. The SMILES string of the molecule is CCOc1ccc(/C(O)=C2/C(=O)C(=O)N(CC3CCCO3)C2c2ccc(CC)cc2)c(OCC)c1. The van der Waals surface area contributed by atoms with Gasteiger partial charge in [0.05, 0.1) is 36.5 Å². The molecule has 0 aromatic heterocycles. The molecule has 2 aliphatic rings. The molecule has 2 fully saturated rings. The molecular formula is C28H33NO6. The number of ketones is 1. The summed E-state index contributed by atoms with van der Waals surface area (Å²) < 4.78 is 17.1. The molecule has 1 N–H and O–H groups in total. The Hall–Kier alpha value is -3.32. The van der Waals surface area contributed by atoms with Crippen LogP contribution in [0.15, 0.2) is 48.0 Å². The average molecular weight is 480 g/mol. The van der Waals surface area contributed by atoms with Crippen LogP contribution in [0.2, 0.25) is 0 Å². The predicted octanol–water partition coefficient (Wildman–Crippen LogP) is 4.65. The van der Waals surface area contributed by atoms with Gasteiger partial charge in [-0.2, -0.15) is 0 Å². The van der Waals surface area contributed by atoms with Crippen molar-refractivity contribution in [3.05, 3.63) is 64.7 Å². The van der Waals surface area contributed by atoms with Crippen molar-refractivity contribution < 1.29 is 28.9 Å². The summed E-state index contributed by atoms with van der Waals surface area (Å²) >= 11 is 0. The van der Waals surface area contributed by atoms with E-state index in [0.717, 1.165) is 30.4 Å². The summed E-state index contributed by atoms with van der Waals surface area (Å²) in [6.45, 7) is 7.59. The Bertz CT molecular complexity index is 1100. The van der Waals surface area contributed by atoms with Gasteiger partial charge in [-0.25, -0.2) is 0 Å². The average Bonchev–Trinajstić information content (AvgIpc) is 3.47. The quantitative estimate of drug-likeness (QED) is 0.320. The van der Waals surface area contributed by atoms with Gasteiger partial charge in [-0.15, -0.1) is 0 Å². The third-order valence-corrected chi connectivity index (χ3v) is 6.49. The topological polar surface area (TPSA) is 85.3 Å². The molecule has 2 aliphatic heterocycles. The molecule has 1 amide bonds. The molecule has 0 radical (unpaired) electrons. The van der Waals surface area contributed by atoms with Crippen molar-refractivity contribution in [2.24, 2.45) is 0 Å². The fourth-order valence-electron chi connectivity index (χ4n) is 4.73. The first kappa shape index (κ1) is 24.8. The lowest BCUT2D eigenvalue weighted by Crippen LogP contribution is -2.36. The van der Waals surface area contributed by atoms with E-state index in [0.29, 0.717) is 43.4 Å². The van der Waals surface area contributed by atoms with Gasteiger partial charge in [0.2, 0.25) is 0 Å². The van der Waals surface area contributed by atoms with Crippen molar-refractivity contribution in [3.8, 4) is 11.5 Å². The molecule has 0 saturated carbocycles. The van der Waals surface area contributed by atoms with Gasteiger partial charge in [0, 0.05) is 19.2 Å². The molecule has 2 unspecified atom stereocenters. The maximum absolute atomic E-state index is 13.3. The third-order valence-electron chi connectivity index (χ3n) is 6.49. The number of aliphatic hydroxyl groups excluding tert-OH is 1. The highest BCUT2D eigenvalue weighted by molar-refractivity contribution is 6.46. The van der Waals surface area contributed by atoms with E-state index in [1.165, 1.54) is 0 Å². The number of aryl methyl sites for hydroxylation is 1. The van der Waals surface area contributed by atoms with Crippen LogP contribution in [0.1, 0.15) is 56.3 Å². The number of benzene rings is 2. The van der Waals surface area contributed by atoms with Gasteiger partial charge in [-0.3, -0.25) is 9.59 Å². The molecule has 2 heterocycles. The Morgan fingerprint density at radius 3 is 2.43 bits per heavy atom. The van der Waals surface area contributed by atoms with E-state index in [1.807, 2.05) is 38.1 Å². The second kappa shape index (κ2) is 11.0. The molecule has 2 aromatic carbocycles. The second-order valence-electron chi connectivity index (χ2n) is 8.71. The van der Waals surface area contributed by atoms with E-state index in [-0.39, 0.29) is 17.4 Å². The molecule has 0 spiro atoms. The van der Waals surface area contributed by atoms with Crippen molar-refractivity contribution in [1.82, 2.24) is 4.90 Å². The Morgan fingerprint density at radius 1 is 1.06 bits per heavy atom. The first-order valence-electron chi connectivity index (χ1n) is 12.4. The Labute approximate surface area is 206 Å². The summed E-state index contributed by atoms with van der Waals surface area (Å²) in [5.41, 5.74) is 2.32. The predicted molar refractivity (Wildman–Crippen MR) is 133 cm³/mol. The number of Topliss-reactive ketones (excluding diaryl/α,β-unsaturated/α-hetero) is 1. The molecular weight excluding hydrogens is 446 g/mol. The van der Waals surface area contributed by atoms with Crippen molar-refractivity contribution in [2.75, 3.05) is 26.4 Å². The number of likely N-dealkylation sites (tertiary alicyclic amines) is 1. The summed E-state index contributed by atoms with van der Waals surface area (Å²) in [6, 6.07) is 12.2. The van der Waals surface area contributed by atoms with Crippen molar-refractivity contribution in [1.29, 1.82) is 0 Å². The Balaban J connectivity index is 1.83. The van der Waals surface area contributed by atoms with E-state index >= 15 is 0 Å². The first-order chi connectivity index (χ1) is 17.0. The smallest absolute Gasteiger partial charge is 0.295 e. The van der Waals surface area contributed by atoms with Gasteiger partial charge in [0.1, 0.15) is 17.3 Å². The maximum Gasteiger partial charge on any atom is 0.295 e. The van der Waals surface area contributed by atoms with Crippen LogP contribution in [-0.4, -0.2) is 54.2 Å². The Kier molecular flexibility index (Phi) is 7.76. The van der Waals surface area contributed by atoms with Gasteiger partial charge in [0.25, 0.3) is 11.7 Å². The standard InChI is InChI=1S/C28H33NO6/c1-4-18-9-11-19(12-10-18)25-24(27(31)28(32)29(25)17-21-8-7-15-35-21)26(30)22-14-13-20(33-5-2)16-23(22)34-6-3/h9-14,16,21,25,30H,4-8,15,17H2,1-3H3/b26-24-. The Morgan fingerprint density at radius 2 is 1.80 bits per heavy atom. The summed E-state index contributed by atoms with van der Waals surface area (Å²) in [7, 11) is 0. The first-order valence-corrected chi connectivity index (χ1v) is 12.4. The number of carbonyl (C=O) groups excluding carboxylic acids is 2. The highest BCUT2D eigenvalue weighted by Crippen LogP contribution is 2.42. The van der Waals surface area contributed by atoms with E-state index in [4.69, 9.17) is 14.2 Å². The summed E-state index contributed by atoms with van der Waals surface area (Å²) in [4.78, 5) is 28.1. The largest absolute Gasteiger partial charge is 0.507 e. The fraction of sp³-hybridized carbons (Fsp3) is 0.429. The molecule has 2 saturated heterocycles. The van der Waals surface area contributed by atoms with Crippen LogP contribution in [0.25, 0.3) is 5.76 Å². The van der Waals surface area contributed by atoms with Gasteiger partial charge >= 0.3 is 0 Å². The summed E-state index contributed by atoms with van der Waals surface area (Å²) in [5, 5.41) is 11.5. The second-order valence-corrected chi connectivity index (χ2v) is 8.71. The van der Waals surface area contributed by atoms with Crippen LogP contribution in [-0.2, 0) is 20.7 Å². The molecule has 0 aliphatic carbocycles. The minimum atomic E-state index is -0.717. The number of rotatable bonds is 9. The van der Waals surface area contributed by atoms with Crippen molar-refractivity contribution >= 4 is 17.4 Å². The minimum absolute atomic E-state index is 0.0577. The number of amides is 1. The van der Waals surface area contributed by atoms with E-state index in [9.17, 15) is 14.7 Å². The molecule has 2 aromatic rings. The van der Waals surface area contributed by atoms with Crippen LogP contribution < -0.4 is 9.47 Å². The van der Waals surface area contributed by atoms with Crippen LogP contribution in [0.3, 0.4) is 0 Å². The van der Waals surface area contributed by atoms with E-state index < -0.39 is 17.7 Å². The molecule has 0 bridgehead atoms. The highest BCUT2D eigenvalue weighted by atomic mass is 16.5. The van der Waals surface area contributed by atoms with Gasteiger partial charge in [-0.1, -0.05) is 31.2 Å².